The lowest BCUT2D eigenvalue weighted by atomic mass is 10.1. The van der Waals surface area contributed by atoms with Crippen LogP contribution in [0, 0.1) is 12.3 Å². The fraction of sp³-hybridized carbons (Fsp3) is 0.368. The zero-order chi connectivity index (χ0) is 19.0. The van der Waals surface area contributed by atoms with Crippen LogP contribution in [-0.4, -0.2) is 25.9 Å². The fourth-order valence-electron chi connectivity index (χ4n) is 3.05. The lowest BCUT2D eigenvalue weighted by Gasteiger charge is -2.15. The highest BCUT2D eigenvalue weighted by Crippen LogP contribution is 2.13. The van der Waals surface area contributed by atoms with Gasteiger partial charge in [-0.2, -0.15) is 0 Å². The Morgan fingerprint density at radius 3 is 2.73 bits per heavy atom. The molecule has 7 heteroatoms. The van der Waals surface area contributed by atoms with Crippen molar-refractivity contribution in [2.75, 3.05) is 0 Å². The van der Waals surface area contributed by atoms with Gasteiger partial charge in [0.25, 0.3) is 11.5 Å². The zero-order valence-electron chi connectivity index (χ0n) is 15.5. The van der Waals surface area contributed by atoms with E-state index in [0.717, 1.165) is 12.0 Å². The maximum absolute atomic E-state index is 13.0. The number of nitrogens with one attached hydrogen (secondary N) is 2. The standard InChI is InChI=1S/C19H23N5O2/c1-5-8-23-15(20)13(18(25)21-11(2)3)10-14-17(23)22-16-12(4)7-6-9-24(16)19(14)26/h6-7,9-11,20H,5,8H2,1-4H3,(H,21,25). The predicted octanol–water partition coefficient (Wildman–Crippen LogP) is 1.99. The number of fused-ring (bicyclic) bond motifs is 2. The van der Waals surface area contributed by atoms with Crippen molar-refractivity contribution < 1.29 is 4.79 Å². The second-order valence-electron chi connectivity index (χ2n) is 6.73. The van der Waals surface area contributed by atoms with Gasteiger partial charge in [0.15, 0.2) is 0 Å². The molecule has 0 atom stereocenters. The average Bonchev–Trinajstić information content (AvgIpc) is 2.58. The summed E-state index contributed by atoms with van der Waals surface area (Å²) >= 11 is 0. The first-order chi connectivity index (χ1) is 12.3. The Kier molecular flexibility index (Phi) is 4.63. The van der Waals surface area contributed by atoms with Crippen molar-refractivity contribution in [3.8, 4) is 0 Å². The molecule has 0 saturated heterocycles. The van der Waals surface area contributed by atoms with Crippen molar-refractivity contribution in [2.24, 2.45) is 0 Å². The van der Waals surface area contributed by atoms with Crippen molar-refractivity contribution in [1.29, 1.82) is 5.41 Å². The highest BCUT2D eigenvalue weighted by molar-refractivity contribution is 5.97. The molecule has 0 radical (unpaired) electrons. The summed E-state index contributed by atoms with van der Waals surface area (Å²) < 4.78 is 3.14. The second kappa shape index (κ2) is 6.74. The second-order valence-corrected chi connectivity index (χ2v) is 6.73. The van der Waals surface area contributed by atoms with Crippen molar-refractivity contribution in [2.45, 2.75) is 46.7 Å². The lowest BCUT2D eigenvalue weighted by molar-refractivity contribution is 0.0940. The van der Waals surface area contributed by atoms with E-state index in [2.05, 4.69) is 10.3 Å². The highest BCUT2D eigenvalue weighted by Gasteiger charge is 2.18. The van der Waals surface area contributed by atoms with Gasteiger partial charge in [0.1, 0.15) is 16.8 Å². The summed E-state index contributed by atoms with van der Waals surface area (Å²) in [5, 5.41) is 11.6. The van der Waals surface area contributed by atoms with Crippen LogP contribution >= 0.6 is 0 Å². The van der Waals surface area contributed by atoms with Gasteiger partial charge in [-0.25, -0.2) is 4.98 Å². The van der Waals surface area contributed by atoms with Gasteiger partial charge in [-0.1, -0.05) is 13.0 Å². The number of carbonyl (C=O) groups is 1. The molecule has 0 aliphatic heterocycles. The molecule has 0 aliphatic rings. The summed E-state index contributed by atoms with van der Waals surface area (Å²) in [6, 6.07) is 5.12. The van der Waals surface area contributed by atoms with E-state index in [9.17, 15) is 9.59 Å². The van der Waals surface area contributed by atoms with Crippen LogP contribution in [0.3, 0.4) is 0 Å². The first-order valence-corrected chi connectivity index (χ1v) is 8.76. The minimum Gasteiger partial charge on any atom is -0.350 e. The van der Waals surface area contributed by atoms with Crippen molar-refractivity contribution >= 4 is 22.6 Å². The molecule has 3 aromatic heterocycles. The smallest absolute Gasteiger partial charge is 0.267 e. The topological polar surface area (TPSA) is 92.2 Å². The third-order valence-corrected chi connectivity index (χ3v) is 4.25. The van der Waals surface area contributed by atoms with E-state index < -0.39 is 0 Å². The first kappa shape index (κ1) is 17.8. The monoisotopic (exact) mass is 353 g/mol. The molecule has 3 aromatic rings. The van der Waals surface area contributed by atoms with Crippen LogP contribution in [-0.2, 0) is 6.54 Å². The SMILES string of the molecule is CCCn1c(=N)c(C(=O)NC(C)C)cc2c(=O)n3cccc(C)c3nc21. The van der Waals surface area contributed by atoms with Crippen LogP contribution in [0.1, 0.15) is 43.1 Å². The van der Waals surface area contributed by atoms with Crippen molar-refractivity contribution in [1.82, 2.24) is 19.3 Å². The Labute approximate surface area is 150 Å². The van der Waals surface area contributed by atoms with Gasteiger partial charge in [0.2, 0.25) is 0 Å². The third kappa shape index (κ3) is 2.89. The first-order valence-electron chi connectivity index (χ1n) is 8.76. The van der Waals surface area contributed by atoms with Gasteiger partial charge in [0.05, 0.1) is 10.9 Å². The van der Waals surface area contributed by atoms with Crippen molar-refractivity contribution in [3.63, 3.8) is 0 Å². The molecular weight excluding hydrogens is 330 g/mol. The average molecular weight is 353 g/mol. The number of amides is 1. The molecule has 0 saturated carbocycles. The quantitative estimate of drug-likeness (QED) is 0.703. The molecule has 0 spiro atoms. The van der Waals surface area contributed by atoms with E-state index >= 15 is 0 Å². The number of nitrogens with zero attached hydrogens (tertiary/aromatic N) is 3. The molecule has 7 nitrogen and oxygen atoms in total. The van der Waals surface area contributed by atoms with Gasteiger partial charge in [-0.15, -0.1) is 0 Å². The summed E-state index contributed by atoms with van der Waals surface area (Å²) in [7, 11) is 0. The maximum Gasteiger partial charge on any atom is 0.267 e. The molecule has 0 aliphatic carbocycles. The summed E-state index contributed by atoms with van der Waals surface area (Å²) in [5.41, 5.74) is 1.90. The maximum atomic E-state index is 13.0. The number of carbonyl (C=O) groups excluding carboxylic acids is 1. The van der Waals surface area contributed by atoms with Crippen molar-refractivity contribution in [3.05, 3.63) is 51.4 Å². The Balaban J connectivity index is 2.44. The molecule has 3 rings (SSSR count). The molecule has 0 unspecified atom stereocenters. The molecular formula is C19H23N5O2. The van der Waals surface area contributed by atoms with Gasteiger partial charge >= 0.3 is 0 Å². The lowest BCUT2D eigenvalue weighted by Crippen LogP contribution is -2.37. The molecule has 3 heterocycles. The highest BCUT2D eigenvalue weighted by atomic mass is 16.1. The molecule has 136 valence electrons. The number of aromatic nitrogens is 3. The minimum atomic E-state index is -0.356. The van der Waals surface area contributed by atoms with Crippen LogP contribution in [0.2, 0.25) is 0 Å². The Morgan fingerprint density at radius 1 is 1.35 bits per heavy atom. The molecule has 0 fully saturated rings. The van der Waals surface area contributed by atoms with E-state index in [1.807, 2.05) is 33.8 Å². The van der Waals surface area contributed by atoms with Crippen LogP contribution in [0.25, 0.3) is 16.7 Å². The van der Waals surface area contributed by atoms with E-state index in [-0.39, 0.29) is 28.6 Å². The van der Waals surface area contributed by atoms with Crippen LogP contribution in [0.15, 0.2) is 29.2 Å². The Bertz CT molecular complexity index is 1120. The van der Waals surface area contributed by atoms with E-state index in [4.69, 9.17) is 5.41 Å². The van der Waals surface area contributed by atoms with E-state index in [0.29, 0.717) is 23.2 Å². The largest absolute Gasteiger partial charge is 0.350 e. The Hall–Kier alpha value is -2.96. The fourth-order valence-corrected chi connectivity index (χ4v) is 3.05. The van der Waals surface area contributed by atoms with E-state index in [1.165, 1.54) is 10.5 Å². The third-order valence-electron chi connectivity index (χ3n) is 4.25. The number of aryl methyl sites for hydroxylation is 2. The molecule has 0 bridgehead atoms. The number of hydrogen-bond acceptors (Lipinski definition) is 4. The zero-order valence-corrected chi connectivity index (χ0v) is 15.5. The molecule has 2 N–H and O–H groups in total. The predicted molar refractivity (Wildman–Crippen MR) is 100 cm³/mol. The number of rotatable bonds is 4. The van der Waals surface area contributed by atoms with Crippen LogP contribution in [0.4, 0.5) is 0 Å². The van der Waals surface area contributed by atoms with Gasteiger partial charge < -0.3 is 9.88 Å². The summed E-state index contributed by atoms with van der Waals surface area (Å²) in [6.45, 7) is 8.10. The van der Waals surface area contributed by atoms with Gasteiger partial charge in [0, 0.05) is 18.8 Å². The van der Waals surface area contributed by atoms with Crippen LogP contribution in [0.5, 0.6) is 0 Å². The normalized spacial score (nSPS) is 11.4. The number of hydrogen-bond donors (Lipinski definition) is 2. The summed E-state index contributed by atoms with van der Waals surface area (Å²) in [4.78, 5) is 30.2. The van der Waals surface area contributed by atoms with Gasteiger partial charge in [-0.3, -0.25) is 19.4 Å². The molecule has 26 heavy (non-hydrogen) atoms. The van der Waals surface area contributed by atoms with Crippen LogP contribution < -0.4 is 16.4 Å². The Morgan fingerprint density at radius 2 is 2.08 bits per heavy atom. The molecule has 1 amide bonds. The number of pyridine rings is 2. The summed E-state index contributed by atoms with van der Waals surface area (Å²) in [5.74, 6) is -0.356. The van der Waals surface area contributed by atoms with E-state index in [1.54, 1.807) is 16.8 Å². The molecule has 0 aromatic carbocycles. The summed E-state index contributed by atoms with van der Waals surface area (Å²) in [6.07, 6.45) is 2.43. The minimum absolute atomic E-state index is 0.0595. The van der Waals surface area contributed by atoms with Gasteiger partial charge in [-0.05, 0) is 44.9 Å².